The van der Waals surface area contributed by atoms with Gasteiger partial charge in [0, 0.05) is 41.8 Å². The van der Waals surface area contributed by atoms with Crippen molar-refractivity contribution in [3.05, 3.63) is 48.3 Å². The molecule has 0 aliphatic rings. The second kappa shape index (κ2) is 12.1. The molecule has 0 radical (unpaired) electrons. The summed E-state index contributed by atoms with van der Waals surface area (Å²) in [5.74, 6) is 0.441. The van der Waals surface area contributed by atoms with Crippen LogP contribution in [-0.4, -0.2) is 30.8 Å². The lowest BCUT2D eigenvalue weighted by molar-refractivity contribution is -0.119. The average Bonchev–Trinajstić information content (AvgIpc) is 2.68. The molecule has 0 fully saturated rings. The number of hydrogen-bond acceptors (Lipinski definition) is 4. The molecule has 5 nitrogen and oxygen atoms in total. The Morgan fingerprint density at radius 1 is 1.14 bits per heavy atom. The molecule has 0 unspecified atom stereocenters. The molecule has 0 spiro atoms. The summed E-state index contributed by atoms with van der Waals surface area (Å²) >= 11 is 0. The minimum Gasteiger partial charge on any atom is -0.372 e. The monoisotopic (exact) mass is 398 g/mol. The van der Waals surface area contributed by atoms with Crippen LogP contribution in [0.3, 0.4) is 0 Å². The first-order valence-electron chi connectivity index (χ1n) is 10.6. The first-order chi connectivity index (χ1) is 13.7. The molecule has 1 aromatic rings. The van der Waals surface area contributed by atoms with Gasteiger partial charge in [-0.2, -0.15) is 0 Å². The van der Waals surface area contributed by atoms with Crippen LogP contribution in [0.25, 0.3) is 0 Å². The van der Waals surface area contributed by atoms with Crippen molar-refractivity contribution in [2.24, 2.45) is 4.99 Å². The molecule has 2 N–H and O–H groups in total. The Morgan fingerprint density at radius 3 is 2.24 bits per heavy atom. The average molecular weight is 399 g/mol. The van der Waals surface area contributed by atoms with E-state index in [1.165, 1.54) is 5.69 Å². The predicted octanol–water partition coefficient (Wildman–Crippen LogP) is 5.52. The van der Waals surface area contributed by atoms with E-state index in [1.807, 2.05) is 32.9 Å². The number of anilines is 2. The van der Waals surface area contributed by atoms with E-state index < -0.39 is 0 Å². The van der Waals surface area contributed by atoms with Gasteiger partial charge in [-0.1, -0.05) is 27.4 Å². The van der Waals surface area contributed by atoms with Crippen molar-refractivity contribution in [1.82, 2.24) is 5.32 Å². The van der Waals surface area contributed by atoms with Gasteiger partial charge in [0.1, 0.15) is 5.82 Å². The van der Waals surface area contributed by atoms with Crippen molar-refractivity contribution >= 4 is 23.5 Å². The lowest BCUT2D eigenvalue weighted by Crippen LogP contribution is -2.43. The van der Waals surface area contributed by atoms with Crippen LogP contribution in [0.5, 0.6) is 0 Å². The van der Waals surface area contributed by atoms with Gasteiger partial charge in [0.15, 0.2) is 0 Å². The molecule has 0 saturated carbocycles. The quantitative estimate of drug-likeness (QED) is 0.360. The van der Waals surface area contributed by atoms with E-state index in [-0.39, 0.29) is 11.4 Å². The summed E-state index contributed by atoms with van der Waals surface area (Å²) in [6, 6.07) is 8.31. The minimum atomic E-state index is -0.218. The molecule has 1 amide bonds. The van der Waals surface area contributed by atoms with E-state index in [2.05, 4.69) is 53.1 Å². The number of allylic oxidation sites excluding steroid dienone is 1. The summed E-state index contributed by atoms with van der Waals surface area (Å²) in [6.45, 7) is 18.3. The second-order valence-corrected chi connectivity index (χ2v) is 7.93. The molecule has 0 aliphatic heterocycles. The zero-order chi connectivity index (χ0) is 21.9. The minimum absolute atomic E-state index is 0.0822. The molecule has 0 aliphatic carbocycles. The Morgan fingerprint density at radius 2 is 1.72 bits per heavy atom. The fourth-order valence-electron chi connectivity index (χ4n) is 2.67. The summed E-state index contributed by atoms with van der Waals surface area (Å²) < 4.78 is 0. The number of benzene rings is 1. The molecular weight excluding hydrogens is 360 g/mol. The number of rotatable bonds is 12. The number of nitrogens with one attached hydrogen (secondary N) is 2. The number of hydrogen-bond donors (Lipinski definition) is 2. The Balaban J connectivity index is 2.64. The lowest BCUT2D eigenvalue weighted by Gasteiger charge is -2.24. The van der Waals surface area contributed by atoms with Gasteiger partial charge in [0.05, 0.1) is 0 Å². The molecule has 1 rings (SSSR count). The highest BCUT2D eigenvalue weighted by Crippen LogP contribution is 2.19. The summed E-state index contributed by atoms with van der Waals surface area (Å²) in [6.07, 6.45) is 6.43. The maximum absolute atomic E-state index is 12.2. The van der Waals surface area contributed by atoms with Crippen LogP contribution in [-0.2, 0) is 4.79 Å². The smallest absolute Gasteiger partial charge is 0.247 e. The Kier molecular flexibility index (Phi) is 10.2. The van der Waals surface area contributed by atoms with Crippen molar-refractivity contribution in [2.75, 3.05) is 23.3 Å². The van der Waals surface area contributed by atoms with E-state index in [0.29, 0.717) is 11.4 Å². The van der Waals surface area contributed by atoms with Gasteiger partial charge in [0.25, 0.3) is 0 Å². The third-order valence-corrected chi connectivity index (χ3v) is 4.76. The molecule has 29 heavy (non-hydrogen) atoms. The number of carbonyl (C=O) groups excluding carboxylic acids is 1. The van der Waals surface area contributed by atoms with Crippen molar-refractivity contribution in [1.29, 1.82) is 0 Å². The maximum atomic E-state index is 12.2. The molecule has 0 saturated heterocycles. The third-order valence-electron chi connectivity index (χ3n) is 4.76. The van der Waals surface area contributed by atoms with Crippen LogP contribution in [0.2, 0.25) is 0 Å². The fourth-order valence-corrected chi connectivity index (χ4v) is 2.67. The zero-order valence-corrected chi connectivity index (χ0v) is 19.0. The van der Waals surface area contributed by atoms with E-state index >= 15 is 0 Å². The molecule has 0 atom stereocenters. The summed E-state index contributed by atoms with van der Waals surface area (Å²) in [4.78, 5) is 18.9. The molecule has 160 valence electrons. The molecule has 0 aromatic heterocycles. The van der Waals surface area contributed by atoms with Gasteiger partial charge >= 0.3 is 0 Å². The molecule has 1 aromatic carbocycles. The Hall–Kier alpha value is -2.56. The number of carbonyl (C=O) groups is 1. The maximum Gasteiger partial charge on any atom is 0.247 e. The van der Waals surface area contributed by atoms with Crippen molar-refractivity contribution in [3.8, 4) is 0 Å². The zero-order valence-electron chi connectivity index (χ0n) is 19.0. The first kappa shape index (κ1) is 24.5. The van der Waals surface area contributed by atoms with E-state index in [4.69, 9.17) is 0 Å². The first-order valence-corrected chi connectivity index (χ1v) is 10.6. The summed E-state index contributed by atoms with van der Waals surface area (Å²) in [5.41, 5.74) is 2.56. The standard InChI is InChI=1S/C24H38N4O/c1-8-17-28(18-9-2)22-13-11-21(12-14-22)26-20(5)25-16-15-19(4)23(29)27-24(6,7)10-3/h11-16,26H,5,8-10,17-18H2,1-4,6-7H3,(H,27,29)/b19-15+,25-16-. The number of aliphatic imine (C=N–C) groups is 1. The molecule has 5 heteroatoms. The number of amides is 1. The lowest BCUT2D eigenvalue weighted by atomic mass is 10.0. The SMILES string of the molecule is C=C(/N=C\C=C(/C)C(=O)NC(C)(C)CC)Nc1ccc(N(CCC)CCC)cc1. The van der Waals surface area contributed by atoms with Gasteiger partial charge in [-0.3, -0.25) is 4.79 Å². The third kappa shape index (κ3) is 8.99. The van der Waals surface area contributed by atoms with E-state index in [9.17, 15) is 4.79 Å². The predicted molar refractivity (Wildman–Crippen MR) is 127 cm³/mol. The van der Waals surface area contributed by atoms with Crippen LogP contribution in [0.1, 0.15) is 60.8 Å². The van der Waals surface area contributed by atoms with Gasteiger partial charge in [0.2, 0.25) is 5.91 Å². The second-order valence-electron chi connectivity index (χ2n) is 7.93. The highest BCUT2D eigenvalue weighted by molar-refractivity contribution is 5.97. The molecule has 0 bridgehead atoms. The topological polar surface area (TPSA) is 56.7 Å². The normalized spacial score (nSPS) is 12.1. The van der Waals surface area contributed by atoms with Crippen LogP contribution < -0.4 is 15.5 Å². The van der Waals surface area contributed by atoms with Crippen LogP contribution in [0, 0.1) is 0 Å². The molecular formula is C24H38N4O. The summed E-state index contributed by atoms with van der Waals surface area (Å²) in [7, 11) is 0. The van der Waals surface area contributed by atoms with Crippen LogP contribution in [0.4, 0.5) is 11.4 Å². The van der Waals surface area contributed by atoms with Gasteiger partial charge in [-0.05, 0) is 70.4 Å². The molecule has 0 heterocycles. The van der Waals surface area contributed by atoms with Crippen LogP contribution >= 0.6 is 0 Å². The largest absolute Gasteiger partial charge is 0.372 e. The highest BCUT2D eigenvalue weighted by atomic mass is 16.1. The highest BCUT2D eigenvalue weighted by Gasteiger charge is 2.18. The van der Waals surface area contributed by atoms with Crippen LogP contribution in [0.15, 0.2) is 53.3 Å². The van der Waals surface area contributed by atoms with E-state index in [1.54, 1.807) is 19.2 Å². The van der Waals surface area contributed by atoms with Gasteiger partial charge in [-0.15, -0.1) is 0 Å². The Labute approximate surface area is 177 Å². The van der Waals surface area contributed by atoms with Crippen molar-refractivity contribution in [3.63, 3.8) is 0 Å². The Bertz CT molecular complexity index is 711. The fraction of sp³-hybridized carbons (Fsp3) is 0.500. The van der Waals surface area contributed by atoms with Gasteiger partial charge in [-0.25, -0.2) is 4.99 Å². The van der Waals surface area contributed by atoms with Crippen molar-refractivity contribution < 1.29 is 4.79 Å². The van der Waals surface area contributed by atoms with Crippen molar-refractivity contribution in [2.45, 2.75) is 66.3 Å². The van der Waals surface area contributed by atoms with E-state index in [0.717, 1.165) is 38.0 Å². The summed E-state index contributed by atoms with van der Waals surface area (Å²) in [5, 5.41) is 6.19. The number of nitrogens with zero attached hydrogens (tertiary/aromatic N) is 2. The van der Waals surface area contributed by atoms with Gasteiger partial charge < -0.3 is 15.5 Å².